The first-order chi connectivity index (χ1) is 13.1. The topological polar surface area (TPSA) is 62.6 Å². The van der Waals surface area contributed by atoms with Crippen LogP contribution >= 0.6 is 0 Å². The molecule has 2 aromatic rings. The number of hydrogen-bond donors (Lipinski definition) is 1. The summed E-state index contributed by atoms with van der Waals surface area (Å²) >= 11 is 0. The number of nitrogens with zero attached hydrogens (tertiary/aromatic N) is 4. The van der Waals surface area contributed by atoms with Gasteiger partial charge in [-0.3, -0.25) is 4.68 Å². The van der Waals surface area contributed by atoms with Gasteiger partial charge in [0.2, 0.25) is 0 Å². The number of halogens is 1. The van der Waals surface area contributed by atoms with E-state index in [2.05, 4.69) is 15.3 Å². The molecular weight excluding hydrogens is 349 g/mol. The third-order valence-corrected chi connectivity index (χ3v) is 5.13. The average molecular weight is 373 g/mol. The minimum absolute atomic E-state index is 0.00553. The number of morpholine rings is 1. The van der Waals surface area contributed by atoms with Gasteiger partial charge >= 0.3 is 6.03 Å². The summed E-state index contributed by atoms with van der Waals surface area (Å²) in [5.41, 5.74) is 2.26. The Morgan fingerprint density at radius 3 is 2.81 bits per heavy atom. The summed E-state index contributed by atoms with van der Waals surface area (Å²) in [7, 11) is 1.86. The number of rotatable bonds is 3. The molecule has 2 aliphatic heterocycles. The fraction of sp³-hybridized carbons (Fsp3) is 0.474. The normalized spacial score (nSPS) is 20.1. The van der Waals surface area contributed by atoms with Crippen LogP contribution in [0, 0.1) is 5.82 Å². The Hall–Kier alpha value is -2.61. The van der Waals surface area contributed by atoms with Crippen molar-refractivity contribution in [1.29, 1.82) is 0 Å². The Balaban J connectivity index is 1.49. The molecule has 0 bridgehead atoms. The highest BCUT2D eigenvalue weighted by molar-refractivity contribution is 5.90. The number of carbonyl (C=O) groups excluding carboxylic acids is 1. The van der Waals surface area contributed by atoms with Gasteiger partial charge in [-0.2, -0.15) is 5.10 Å². The molecular formula is C19H24FN5O2. The fourth-order valence-electron chi connectivity index (χ4n) is 3.81. The predicted molar refractivity (Wildman–Crippen MR) is 100 cm³/mol. The van der Waals surface area contributed by atoms with Crippen molar-refractivity contribution < 1.29 is 13.9 Å². The van der Waals surface area contributed by atoms with Crippen LogP contribution in [0.2, 0.25) is 0 Å². The van der Waals surface area contributed by atoms with Crippen LogP contribution in [0.4, 0.5) is 20.6 Å². The predicted octanol–water partition coefficient (Wildman–Crippen LogP) is 2.76. The van der Waals surface area contributed by atoms with E-state index in [9.17, 15) is 9.18 Å². The number of anilines is 2. The molecule has 0 saturated carbocycles. The number of aromatic nitrogens is 2. The summed E-state index contributed by atoms with van der Waals surface area (Å²) in [6.07, 6.45) is 5.58. The number of likely N-dealkylation sites (tertiary alicyclic amines) is 1. The van der Waals surface area contributed by atoms with Gasteiger partial charge in [0.15, 0.2) is 0 Å². The summed E-state index contributed by atoms with van der Waals surface area (Å²) in [4.78, 5) is 16.7. The van der Waals surface area contributed by atoms with Crippen molar-refractivity contribution in [3.05, 3.63) is 42.0 Å². The first kappa shape index (κ1) is 17.8. The van der Waals surface area contributed by atoms with Crippen LogP contribution in [0.15, 0.2) is 30.6 Å². The molecule has 0 spiro atoms. The molecule has 2 amide bonds. The van der Waals surface area contributed by atoms with Gasteiger partial charge in [0.05, 0.1) is 25.5 Å². The van der Waals surface area contributed by atoms with E-state index in [1.807, 2.05) is 19.3 Å². The zero-order valence-electron chi connectivity index (χ0n) is 15.4. The van der Waals surface area contributed by atoms with Crippen LogP contribution in [0.1, 0.15) is 24.4 Å². The van der Waals surface area contributed by atoms with Gasteiger partial charge in [-0.15, -0.1) is 0 Å². The summed E-state index contributed by atoms with van der Waals surface area (Å²) in [6.45, 7) is 3.35. The number of amides is 2. The molecule has 1 unspecified atom stereocenters. The number of nitrogens with one attached hydrogen (secondary N) is 1. The average Bonchev–Trinajstić information content (AvgIpc) is 3.30. The van der Waals surface area contributed by atoms with Crippen LogP contribution in [-0.4, -0.2) is 53.6 Å². The Morgan fingerprint density at radius 2 is 2.07 bits per heavy atom. The number of aryl methyl sites for hydroxylation is 1. The minimum Gasteiger partial charge on any atom is -0.378 e. The van der Waals surface area contributed by atoms with Gasteiger partial charge < -0.3 is 19.9 Å². The molecule has 0 aliphatic carbocycles. The van der Waals surface area contributed by atoms with E-state index in [0.29, 0.717) is 38.5 Å². The van der Waals surface area contributed by atoms with Gasteiger partial charge in [-0.25, -0.2) is 9.18 Å². The molecule has 1 N–H and O–H groups in total. The standard InChI is InChI=1S/C19H24FN5O2/c1-23-13-14(12-21-23)18-3-2-4-25(18)19(26)22-16-9-15(20)10-17(11-16)24-5-7-27-8-6-24/h9-13,18H,2-8H2,1H3,(H,22,26). The van der Waals surface area contributed by atoms with Crippen molar-refractivity contribution in [3.63, 3.8) is 0 Å². The van der Waals surface area contributed by atoms with E-state index < -0.39 is 0 Å². The van der Waals surface area contributed by atoms with E-state index in [1.165, 1.54) is 12.1 Å². The lowest BCUT2D eigenvalue weighted by Gasteiger charge is -2.29. The van der Waals surface area contributed by atoms with Crippen molar-refractivity contribution >= 4 is 17.4 Å². The number of carbonyl (C=O) groups is 1. The Kier molecular flexibility index (Phi) is 4.98. The number of urea groups is 1. The van der Waals surface area contributed by atoms with Crippen LogP contribution in [0.5, 0.6) is 0 Å². The van der Waals surface area contributed by atoms with Gasteiger partial charge in [-0.05, 0) is 31.0 Å². The van der Waals surface area contributed by atoms with Crippen LogP contribution in [0.25, 0.3) is 0 Å². The quantitative estimate of drug-likeness (QED) is 0.899. The summed E-state index contributed by atoms with van der Waals surface area (Å²) in [5, 5.41) is 7.08. The third-order valence-electron chi connectivity index (χ3n) is 5.13. The fourth-order valence-corrected chi connectivity index (χ4v) is 3.81. The molecule has 1 atom stereocenters. The van der Waals surface area contributed by atoms with E-state index in [-0.39, 0.29) is 17.9 Å². The molecule has 2 aliphatic rings. The smallest absolute Gasteiger partial charge is 0.322 e. The van der Waals surface area contributed by atoms with E-state index in [0.717, 1.165) is 24.1 Å². The lowest BCUT2D eigenvalue weighted by atomic mass is 10.1. The molecule has 8 heteroatoms. The highest BCUT2D eigenvalue weighted by Gasteiger charge is 2.31. The van der Waals surface area contributed by atoms with Gasteiger partial charge in [0.25, 0.3) is 0 Å². The number of benzene rings is 1. The molecule has 3 heterocycles. The molecule has 27 heavy (non-hydrogen) atoms. The van der Waals surface area contributed by atoms with Crippen LogP contribution in [-0.2, 0) is 11.8 Å². The lowest BCUT2D eigenvalue weighted by Crippen LogP contribution is -2.36. The molecule has 7 nitrogen and oxygen atoms in total. The Morgan fingerprint density at radius 1 is 1.26 bits per heavy atom. The largest absolute Gasteiger partial charge is 0.378 e. The zero-order valence-corrected chi connectivity index (χ0v) is 15.4. The van der Waals surface area contributed by atoms with Crippen molar-refractivity contribution in [3.8, 4) is 0 Å². The summed E-state index contributed by atoms with van der Waals surface area (Å²) in [5.74, 6) is -0.362. The molecule has 1 aromatic heterocycles. The highest BCUT2D eigenvalue weighted by atomic mass is 19.1. The maximum absolute atomic E-state index is 14.1. The molecule has 144 valence electrons. The van der Waals surface area contributed by atoms with Crippen molar-refractivity contribution in [2.75, 3.05) is 43.1 Å². The molecule has 4 rings (SSSR count). The zero-order chi connectivity index (χ0) is 18.8. The first-order valence-corrected chi connectivity index (χ1v) is 9.29. The Bertz CT molecular complexity index is 818. The minimum atomic E-state index is -0.362. The highest BCUT2D eigenvalue weighted by Crippen LogP contribution is 2.32. The van der Waals surface area contributed by atoms with Gasteiger partial charge in [-0.1, -0.05) is 0 Å². The lowest BCUT2D eigenvalue weighted by molar-refractivity contribution is 0.122. The van der Waals surface area contributed by atoms with Crippen LogP contribution < -0.4 is 10.2 Å². The van der Waals surface area contributed by atoms with Crippen molar-refractivity contribution in [1.82, 2.24) is 14.7 Å². The third kappa shape index (κ3) is 3.90. The number of ether oxygens (including phenoxy) is 1. The monoisotopic (exact) mass is 373 g/mol. The van der Waals surface area contributed by atoms with Gasteiger partial charge in [0, 0.05) is 49.8 Å². The first-order valence-electron chi connectivity index (χ1n) is 9.29. The maximum atomic E-state index is 14.1. The van der Waals surface area contributed by atoms with Crippen molar-refractivity contribution in [2.45, 2.75) is 18.9 Å². The van der Waals surface area contributed by atoms with E-state index in [4.69, 9.17) is 4.74 Å². The maximum Gasteiger partial charge on any atom is 0.322 e. The van der Waals surface area contributed by atoms with E-state index >= 15 is 0 Å². The Labute approximate surface area is 157 Å². The SMILES string of the molecule is Cn1cc(C2CCCN2C(=O)Nc2cc(F)cc(N3CCOCC3)c2)cn1. The summed E-state index contributed by atoms with van der Waals surface area (Å²) in [6, 6.07) is 4.47. The van der Waals surface area contributed by atoms with Gasteiger partial charge in [0.1, 0.15) is 5.82 Å². The molecule has 2 fully saturated rings. The molecule has 1 aromatic carbocycles. The second-order valence-corrected chi connectivity index (χ2v) is 7.03. The molecule has 2 saturated heterocycles. The second kappa shape index (κ2) is 7.56. The number of hydrogen-bond acceptors (Lipinski definition) is 4. The van der Waals surface area contributed by atoms with E-state index in [1.54, 1.807) is 15.8 Å². The molecule has 0 radical (unpaired) electrons. The van der Waals surface area contributed by atoms with Crippen LogP contribution in [0.3, 0.4) is 0 Å². The van der Waals surface area contributed by atoms with Crippen molar-refractivity contribution in [2.24, 2.45) is 7.05 Å². The second-order valence-electron chi connectivity index (χ2n) is 7.03. The summed E-state index contributed by atoms with van der Waals surface area (Å²) < 4.78 is 21.2.